The molecule has 76 valence electrons. The minimum absolute atomic E-state index is 0.0689. The molecule has 0 aliphatic heterocycles. The first-order valence-corrected chi connectivity index (χ1v) is 4.76. The molecule has 0 unspecified atom stereocenters. The molecule has 0 bridgehead atoms. The summed E-state index contributed by atoms with van der Waals surface area (Å²) in [5.74, 6) is -0.559. The first-order chi connectivity index (χ1) is 6.20. The monoisotopic (exact) mass is 206 g/mol. The van der Waals surface area contributed by atoms with Crippen molar-refractivity contribution in [3.8, 4) is 0 Å². The molecule has 0 aromatic rings. The van der Waals surface area contributed by atoms with E-state index in [2.05, 4.69) is 17.4 Å². The summed E-state index contributed by atoms with van der Waals surface area (Å²) < 4.78 is 9.38. The van der Waals surface area contributed by atoms with Crippen molar-refractivity contribution in [2.24, 2.45) is 0 Å². The minimum Gasteiger partial charge on any atom is -0.466 e. The van der Waals surface area contributed by atoms with E-state index >= 15 is 0 Å². The fourth-order valence-electron chi connectivity index (χ4n) is 0.681. The van der Waals surface area contributed by atoms with Gasteiger partial charge < -0.3 is 9.47 Å². The van der Waals surface area contributed by atoms with Crippen LogP contribution in [0.25, 0.3) is 0 Å². The summed E-state index contributed by atoms with van der Waals surface area (Å²) in [7, 11) is 0. The van der Waals surface area contributed by atoms with Crippen LogP contribution in [0.4, 0.5) is 0 Å². The number of hydrogen-bond acceptors (Lipinski definition) is 5. The lowest BCUT2D eigenvalue weighted by Crippen LogP contribution is -2.09. The molecule has 0 saturated carbocycles. The molecule has 0 heterocycles. The molecule has 5 heteroatoms. The summed E-state index contributed by atoms with van der Waals surface area (Å²) in [6, 6.07) is 0. The van der Waals surface area contributed by atoms with Crippen LogP contribution < -0.4 is 0 Å². The zero-order valence-corrected chi connectivity index (χ0v) is 8.51. The molecular weight excluding hydrogens is 192 g/mol. The molecule has 13 heavy (non-hydrogen) atoms. The zero-order chi connectivity index (χ0) is 10.1. The Bertz CT molecular complexity index is 170. The summed E-state index contributed by atoms with van der Waals surface area (Å²) in [6.45, 7) is 2.38. The largest absolute Gasteiger partial charge is 0.466 e. The van der Waals surface area contributed by atoms with Gasteiger partial charge in [0.2, 0.25) is 0 Å². The normalized spacial score (nSPS) is 9.38. The van der Waals surface area contributed by atoms with Crippen molar-refractivity contribution in [2.45, 2.75) is 19.8 Å². The standard InChI is InChI=1S/C8H14O4S/c1-2-11-7(9)4-3-5-12-8(10)6-13/h13H,2-6H2,1H3. The van der Waals surface area contributed by atoms with Gasteiger partial charge in [0.25, 0.3) is 0 Å². The van der Waals surface area contributed by atoms with E-state index in [0.29, 0.717) is 13.0 Å². The molecular formula is C8H14O4S. The molecule has 0 rings (SSSR count). The van der Waals surface area contributed by atoms with Crippen LogP contribution in [0.2, 0.25) is 0 Å². The number of hydrogen-bond donors (Lipinski definition) is 1. The van der Waals surface area contributed by atoms with Crippen LogP contribution in [-0.4, -0.2) is 30.9 Å². The molecule has 0 atom stereocenters. The highest BCUT2D eigenvalue weighted by molar-refractivity contribution is 7.81. The summed E-state index contributed by atoms with van der Waals surface area (Å²) in [5, 5.41) is 0. The summed E-state index contributed by atoms with van der Waals surface area (Å²) in [5.41, 5.74) is 0. The average Bonchev–Trinajstić information content (AvgIpc) is 2.12. The second kappa shape index (κ2) is 7.91. The van der Waals surface area contributed by atoms with Crippen molar-refractivity contribution >= 4 is 24.6 Å². The molecule has 4 nitrogen and oxygen atoms in total. The van der Waals surface area contributed by atoms with Crippen LogP contribution in [0.15, 0.2) is 0 Å². The van der Waals surface area contributed by atoms with Gasteiger partial charge in [-0.3, -0.25) is 9.59 Å². The third-order valence-electron chi connectivity index (χ3n) is 1.22. The molecule has 0 saturated heterocycles. The van der Waals surface area contributed by atoms with E-state index in [1.54, 1.807) is 6.92 Å². The van der Waals surface area contributed by atoms with E-state index in [0.717, 1.165) is 0 Å². The lowest BCUT2D eigenvalue weighted by molar-refractivity contribution is -0.146. The van der Waals surface area contributed by atoms with Gasteiger partial charge in [0.05, 0.1) is 19.0 Å². The number of thiol groups is 1. The van der Waals surface area contributed by atoms with Crippen LogP contribution in [0.1, 0.15) is 19.8 Å². The first-order valence-electron chi connectivity index (χ1n) is 4.12. The van der Waals surface area contributed by atoms with Crippen LogP contribution in [0.3, 0.4) is 0 Å². The van der Waals surface area contributed by atoms with Crippen LogP contribution in [0, 0.1) is 0 Å². The zero-order valence-electron chi connectivity index (χ0n) is 7.62. The highest BCUT2D eigenvalue weighted by Crippen LogP contribution is 1.94. The smallest absolute Gasteiger partial charge is 0.315 e. The van der Waals surface area contributed by atoms with Crippen molar-refractivity contribution in [2.75, 3.05) is 19.0 Å². The first kappa shape index (κ1) is 12.3. The second-order valence-electron chi connectivity index (χ2n) is 2.29. The van der Waals surface area contributed by atoms with Gasteiger partial charge in [-0.2, -0.15) is 12.6 Å². The molecule has 0 aliphatic carbocycles. The number of esters is 2. The lowest BCUT2D eigenvalue weighted by atomic mass is 10.3. The van der Waals surface area contributed by atoms with Gasteiger partial charge in [-0.1, -0.05) is 0 Å². The number of carbonyl (C=O) groups excluding carboxylic acids is 2. The van der Waals surface area contributed by atoms with Gasteiger partial charge in [-0.05, 0) is 13.3 Å². The van der Waals surface area contributed by atoms with Crippen molar-refractivity contribution in [1.29, 1.82) is 0 Å². The Hall–Kier alpha value is -0.710. The van der Waals surface area contributed by atoms with Crippen molar-refractivity contribution < 1.29 is 19.1 Å². The average molecular weight is 206 g/mol. The summed E-state index contributed by atoms with van der Waals surface area (Å²) >= 11 is 3.73. The highest BCUT2D eigenvalue weighted by Gasteiger charge is 2.02. The molecule has 0 aromatic heterocycles. The van der Waals surface area contributed by atoms with E-state index in [4.69, 9.17) is 4.74 Å². The molecule has 0 radical (unpaired) electrons. The maximum absolute atomic E-state index is 10.8. The maximum atomic E-state index is 10.8. The third-order valence-corrected chi connectivity index (χ3v) is 1.48. The Balaban J connectivity index is 3.25. The lowest BCUT2D eigenvalue weighted by Gasteiger charge is -2.02. The fraction of sp³-hybridized carbons (Fsp3) is 0.750. The van der Waals surface area contributed by atoms with E-state index in [1.165, 1.54) is 0 Å². The van der Waals surface area contributed by atoms with Crippen molar-refractivity contribution in [3.05, 3.63) is 0 Å². The van der Waals surface area contributed by atoms with E-state index < -0.39 is 0 Å². The quantitative estimate of drug-likeness (QED) is 0.397. The van der Waals surface area contributed by atoms with Crippen LogP contribution >= 0.6 is 12.6 Å². The highest BCUT2D eigenvalue weighted by atomic mass is 32.1. The molecule has 0 N–H and O–H groups in total. The Morgan fingerprint density at radius 3 is 2.46 bits per heavy atom. The SMILES string of the molecule is CCOC(=O)CCCOC(=O)CS. The second-order valence-corrected chi connectivity index (χ2v) is 2.60. The van der Waals surface area contributed by atoms with Crippen molar-refractivity contribution in [1.82, 2.24) is 0 Å². The topological polar surface area (TPSA) is 52.6 Å². The van der Waals surface area contributed by atoms with Crippen LogP contribution in [-0.2, 0) is 19.1 Å². The van der Waals surface area contributed by atoms with Gasteiger partial charge >= 0.3 is 11.9 Å². The Labute approximate surface area is 83.0 Å². The Morgan fingerprint density at radius 1 is 1.23 bits per heavy atom. The Morgan fingerprint density at radius 2 is 1.92 bits per heavy atom. The van der Waals surface area contributed by atoms with Gasteiger partial charge in [-0.15, -0.1) is 0 Å². The number of rotatable bonds is 6. The number of ether oxygens (including phenoxy) is 2. The molecule has 0 fully saturated rings. The fourth-order valence-corrected chi connectivity index (χ4v) is 0.773. The van der Waals surface area contributed by atoms with Crippen LogP contribution in [0.5, 0.6) is 0 Å². The van der Waals surface area contributed by atoms with Crippen molar-refractivity contribution in [3.63, 3.8) is 0 Å². The summed E-state index contributed by atoms with van der Waals surface area (Å²) in [6.07, 6.45) is 0.784. The van der Waals surface area contributed by atoms with Gasteiger partial charge in [0, 0.05) is 6.42 Å². The number of carbonyl (C=O) groups is 2. The predicted octanol–water partition coefficient (Wildman–Crippen LogP) is 0.803. The molecule has 0 spiro atoms. The summed E-state index contributed by atoms with van der Waals surface area (Å²) in [4.78, 5) is 21.3. The van der Waals surface area contributed by atoms with E-state index in [9.17, 15) is 9.59 Å². The molecule has 0 aromatic carbocycles. The molecule has 0 amide bonds. The van der Waals surface area contributed by atoms with E-state index in [1.807, 2.05) is 0 Å². The minimum atomic E-state index is -0.368. The molecule has 0 aliphatic rings. The van der Waals surface area contributed by atoms with Gasteiger partial charge in [-0.25, -0.2) is 0 Å². The predicted molar refractivity (Wildman–Crippen MR) is 50.7 cm³/mol. The van der Waals surface area contributed by atoms with Gasteiger partial charge in [0.15, 0.2) is 0 Å². The third kappa shape index (κ3) is 7.64. The van der Waals surface area contributed by atoms with Gasteiger partial charge in [0.1, 0.15) is 0 Å². The van der Waals surface area contributed by atoms with E-state index in [-0.39, 0.29) is 30.7 Å². The Kier molecular flexibility index (Phi) is 7.48. The maximum Gasteiger partial charge on any atom is 0.315 e.